The number of aliphatic hydroxyl groups is 1. The maximum absolute atomic E-state index is 13.5. The van der Waals surface area contributed by atoms with Crippen LogP contribution in [0, 0.1) is 25.2 Å². The standard InChI is InChI=1S/C33H30BrN3O2/c1-4-5-16-36-20-27(26-19-24(34)10-14-29(26)36)31-32(38)30(33(31)39)23-8-11-25(12-9-23)37(17-6-15-35)28-13-7-21(2)18-22(28)3/h7-14,18-20H,4-6,16-17H2,1-3H3/p+1. The normalized spacial score (nSPS) is 16.1. The van der Waals surface area contributed by atoms with Gasteiger partial charge < -0.3 is 10.0 Å². The lowest BCUT2D eigenvalue weighted by Gasteiger charge is -2.27. The number of aliphatic hydroxyl groups excluding tert-OH is 1. The minimum Gasteiger partial charge on any atom is -0.506 e. The number of hydrogen-bond donors (Lipinski definition) is 1. The number of carbonyl (C=O) groups excluding carboxylic acids is 1. The van der Waals surface area contributed by atoms with Crippen molar-refractivity contribution in [2.45, 2.75) is 40.0 Å². The highest BCUT2D eigenvalue weighted by molar-refractivity contribution is 9.10. The van der Waals surface area contributed by atoms with Crippen LogP contribution < -0.4 is 4.90 Å². The quantitative estimate of drug-likeness (QED) is 0.217. The average molecular weight is 582 g/mol. The molecular weight excluding hydrogens is 550 g/mol. The van der Waals surface area contributed by atoms with E-state index in [0.717, 1.165) is 57.6 Å². The van der Waals surface area contributed by atoms with E-state index in [1.807, 2.05) is 42.6 Å². The van der Waals surface area contributed by atoms with Crippen LogP contribution in [0.5, 0.6) is 0 Å². The summed E-state index contributed by atoms with van der Waals surface area (Å²) in [4.78, 5) is 15.6. The molecule has 196 valence electrons. The Balaban J connectivity index is 1.50. The van der Waals surface area contributed by atoms with Crippen molar-refractivity contribution >= 4 is 56.1 Å². The molecule has 0 fully saturated rings. The predicted molar refractivity (Wildman–Crippen MR) is 161 cm³/mol. The minimum absolute atomic E-state index is 0.0398. The second-order valence-electron chi connectivity index (χ2n) is 10.1. The highest BCUT2D eigenvalue weighted by atomic mass is 79.9. The molecule has 0 bridgehead atoms. The van der Waals surface area contributed by atoms with Gasteiger partial charge in [0.25, 0.3) is 0 Å². The van der Waals surface area contributed by atoms with Crippen molar-refractivity contribution in [3.63, 3.8) is 0 Å². The van der Waals surface area contributed by atoms with Crippen LogP contribution in [-0.4, -0.2) is 34.8 Å². The summed E-state index contributed by atoms with van der Waals surface area (Å²) in [6, 6.07) is 22.2. The van der Waals surface area contributed by atoms with Crippen LogP contribution in [0.15, 0.2) is 76.5 Å². The number of benzene rings is 3. The number of nitrogens with zero attached hydrogens (tertiary/aromatic N) is 3. The van der Waals surface area contributed by atoms with Crippen LogP contribution in [0.3, 0.4) is 0 Å². The van der Waals surface area contributed by atoms with E-state index in [1.165, 1.54) is 5.56 Å². The highest BCUT2D eigenvalue weighted by Gasteiger charge is 2.41. The summed E-state index contributed by atoms with van der Waals surface area (Å²) < 4.78 is 3.10. The number of Topliss-reactive ketones (excluding diaryl/α,β-unsaturated/α-hetero) is 1. The zero-order chi connectivity index (χ0) is 27.7. The van der Waals surface area contributed by atoms with Gasteiger partial charge in [0, 0.05) is 34.9 Å². The van der Waals surface area contributed by atoms with E-state index in [0.29, 0.717) is 29.7 Å². The Bertz CT molecular complexity index is 1610. The van der Waals surface area contributed by atoms with Crippen LogP contribution in [0.4, 0.5) is 17.1 Å². The number of ketones is 1. The van der Waals surface area contributed by atoms with Crippen molar-refractivity contribution in [1.29, 1.82) is 5.26 Å². The molecular formula is C33H31BrN3O2+. The lowest BCUT2D eigenvalue weighted by Crippen LogP contribution is -2.23. The van der Waals surface area contributed by atoms with Gasteiger partial charge in [-0.25, -0.2) is 0 Å². The second-order valence-corrected chi connectivity index (χ2v) is 11.0. The third kappa shape index (κ3) is 4.95. The molecule has 0 aromatic heterocycles. The fraction of sp³-hybridized carbons (Fsp3) is 0.242. The van der Waals surface area contributed by atoms with Gasteiger partial charge in [0.1, 0.15) is 12.3 Å². The number of nitriles is 1. The number of hydrogen-bond acceptors (Lipinski definition) is 4. The molecule has 0 unspecified atom stereocenters. The van der Waals surface area contributed by atoms with Crippen LogP contribution in [0.25, 0.3) is 11.1 Å². The fourth-order valence-electron chi connectivity index (χ4n) is 5.37. The van der Waals surface area contributed by atoms with Crippen molar-refractivity contribution in [2.24, 2.45) is 0 Å². The van der Waals surface area contributed by atoms with E-state index in [4.69, 9.17) is 0 Å². The molecule has 0 spiro atoms. The third-order valence-electron chi connectivity index (χ3n) is 7.35. The SMILES string of the molecule is CCCC[N+]1=CC(=C2C(=O)C(c3ccc(N(CCC#N)c4ccc(C)cc4C)cc3)=C2O)c2cc(Br)ccc21. The van der Waals surface area contributed by atoms with E-state index in [2.05, 4.69) is 76.5 Å². The first-order valence-corrected chi connectivity index (χ1v) is 14.1. The summed E-state index contributed by atoms with van der Waals surface area (Å²) in [7, 11) is 0. The van der Waals surface area contributed by atoms with Gasteiger partial charge in [0.05, 0.1) is 34.8 Å². The van der Waals surface area contributed by atoms with Gasteiger partial charge in [-0.1, -0.05) is 59.1 Å². The highest BCUT2D eigenvalue weighted by Crippen LogP contribution is 2.44. The van der Waals surface area contributed by atoms with Gasteiger partial charge in [-0.3, -0.25) is 4.79 Å². The summed E-state index contributed by atoms with van der Waals surface area (Å²) in [5.74, 6) is -0.108. The van der Waals surface area contributed by atoms with Gasteiger partial charge in [0.15, 0.2) is 6.21 Å². The van der Waals surface area contributed by atoms with Gasteiger partial charge in [-0.05, 0) is 55.3 Å². The van der Waals surface area contributed by atoms with E-state index < -0.39 is 0 Å². The lowest BCUT2D eigenvalue weighted by atomic mass is 9.80. The number of unbranched alkanes of at least 4 members (excludes halogenated alkanes) is 1. The summed E-state index contributed by atoms with van der Waals surface area (Å²) in [6.45, 7) is 7.71. The predicted octanol–water partition coefficient (Wildman–Crippen LogP) is 7.95. The molecule has 39 heavy (non-hydrogen) atoms. The number of carbonyl (C=O) groups is 1. The first-order valence-electron chi connectivity index (χ1n) is 13.3. The maximum atomic E-state index is 13.5. The van der Waals surface area contributed by atoms with Crippen LogP contribution in [-0.2, 0) is 4.79 Å². The van der Waals surface area contributed by atoms with Gasteiger partial charge in [-0.2, -0.15) is 9.84 Å². The number of fused-ring (bicyclic) bond motifs is 1. The zero-order valence-electron chi connectivity index (χ0n) is 22.5. The van der Waals surface area contributed by atoms with Crippen molar-refractivity contribution in [1.82, 2.24) is 0 Å². The molecule has 0 amide bonds. The van der Waals surface area contributed by atoms with Crippen molar-refractivity contribution in [2.75, 3.05) is 18.0 Å². The second kappa shape index (κ2) is 11.0. The maximum Gasteiger partial charge on any atom is 0.213 e. The summed E-state index contributed by atoms with van der Waals surface area (Å²) in [5.41, 5.74) is 8.47. The Hall–Kier alpha value is -3.95. The Kier molecular flexibility index (Phi) is 7.54. The van der Waals surface area contributed by atoms with Crippen molar-refractivity contribution in [3.05, 3.63) is 98.7 Å². The number of allylic oxidation sites excluding steroid dienone is 3. The number of rotatable bonds is 8. The first kappa shape index (κ1) is 26.6. The lowest BCUT2D eigenvalue weighted by molar-refractivity contribution is -0.432. The molecule has 5 rings (SSSR count). The fourth-order valence-corrected chi connectivity index (χ4v) is 5.73. The molecule has 0 saturated heterocycles. The van der Waals surface area contributed by atoms with Gasteiger partial charge in [-0.15, -0.1) is 0 Å². The Morgan fingerprint density at radius 1 is 1.03 bits per heavy atom. The molecule has 1 N–H and O–H groups in total. The van der Waals surface area contributed by atoms with Crippen molar-refractivity contribution in [3.8, 4) is 6.07 Å². The topological polar surface area (TPSA) is 67.3 Å². The number of anilines is 2. The largest absolute Gasteiger partial charge is 0.506 e. The average Bonchev–Trinajstić information content (AvgIpc) is 3.26. The molecule has 6 heteroatoms. The molecule has 0 saturated carbocycles. The van der Waals surface area contributed by atoms with E-state index in [9.17, 15) is 15.2 Å². The monoisotopic (exact) mass is 580 g/mol. The first-order chi connectivity index (χ1) is 18.8. The minimum atomic E-state index is -0.148. The number of aryl methyl sites for hydroxylation is 2. The Morgan fingerprint density at radius 3 is 2.46 bits per heavy atom. The zero-order valence-corrected chi connectivity index (χ0v) is 24.0. The van der Waals surface area contributed by atoms with E-state index in [-0.39, 0.29) is 11.5 Å². The van der Waals surface area contributed by atoms with Crippen LogP contribution >= 0.6 is 15.9 Å². The molecule has 5 nitrogen and oxygen atoms in total. The molecule has 2 aliphatic rings. The Labute approximate surface area is 238 Å². The molecule has 0 radical (unpaired) electrons. The molecule has 1 aliphatic heterocycles. The van der Waals surface area contributed by atoms with E-state index in [1.54, 1.807) is 0 Å². The summed E-state index contributed by atoms with van der Waals surface area (Å²) in [6.07, 6.45) is 4.49. The molecule has 1 heterocycles. The smallest absolute Gasteiger partial charge is 0.213 e. The summed E-state index contributed by atoms with van der Waals surface area (Å²) >= 11 is 3.56. The van der Waals surface area contributed by atoms with Crippen molar-refractivity contribution < 1.29 is 14.5 Å². The Morgan fingerprint density at radius 2 is 1.79 bits per heavy atom. The van der Waals surface area contributed by atoms with Gasteiger partial charge in [0.2, 0.25) is 11.5 Å². The summed E-state index contributed by atoms with van der Waals surface area (Å²) in [5, 5.41) is 20.4. The van der Waals surface area contributed by atoms with Crippen LogP contribution in [0.2, 0.25) is 0 Å². The molecule has 3 aromatic carbocycles. The van der Waals surface area contributed by atoms with Crippen LogP contribution in [0.1, 0.15) is 48.4 Å². The third-order valence-corrected chi connectivity index (χ3v) is 7.84. The van der Waals surface area contributed by atoms with Gasteiger partial charge >= 0.3 is 0 Å². The molecule has 0 atom stereocenters. The molecule has 1 aliphatic carbocycles. The molecule has 3 aromatic rings. The number of halogens is 1. The van der Waals surface area contributed by atoms with E-state index >= 15 is 0 Å².